The number of rotatable bonds is 3. The van der Waals surface area contributed by atoms with Gasteiger partial charge in [-0.2, -0.15) is 0 Å². The third-order valence-corrected chi connectivity index (χ3v) is 6.64. The molecule has 5 rings (SSSR count). The molecule has 0 fully saturated rings. The minimum atomic E-state index is -0.357. The first kappa shape index (κ1) is 22.9. The number of hydrogen-bond acceptors (Lipinski definition) is 5. The average molecular weight is 470 g/mol. The summed E-state index contributed by atoms with van der Waals surface area (Å²) in [6.45, 7) is 7.16. The second-order valence-electron chi connectivity index (χ2n) is 10.2. The number of nitrogens with zero attached hydrogens (tertiary/aromatic N) is 3. The Balaban J connectivity index is 1.62. The lowest BCUT2D eigenvalue weighted by Gasteiger charge is -2.29. The molecule has 1 atom stereocenters. The van der Waals surface area contributed by atoms with Crippen LogP contribution in [0.15, 0.2) is 60.7 Å². The molecule has 1 aliphatic rings. The van der Waals surface area contributed by atoms with E-state index in [9.17, 15) is 9.18 Å². The third kappa shape index (κ3) is 4.23. The largest absolute Gasteiger partial charge is 0.368 e. The molecule has 7 heteroatoms. The highest BCUT2D eigenvalue weighted by Crippen LogP contribution is 2.38. The fraction of sp³-hybridized carbons (Fsp3) is 0.250. The van der Waals surface area contributed by atoms with Crippen molar-refractivity contribution >= 4 is 22.8 Å². The summed E-state index contributed by atoms with van der Waals surface area (Å²) in [5, 5.41) is 0.567. The van der Waals surface area contributed by atoms with Gasteiger partial charge in [-0.15, -0.1) is 0 Å². The van der Waals surface area contributed by atoms with E-state index in [-0.39, 0.29) is 34.8 Å². The van der Waals surface area contributed by atoms with Crippen LogP contribution in [0.5, 0.6) is 0 Å². The zero-order chi connectivity index (χ0) is 24.9. The van der Waals surface area contributed by atoms with E-state index in [1.807, 2.05) is 57.2 Å². The van der Waals surface area contributed by atoms with Crippen molar-refractivity contribution in [3.63, 3.8) is 0 Å². The summed E-state index contributed by atoms with van der Waals surface area (Å²) in [4.78, 5) is 24.0. The molecule has 1 aromatic heterocycles. The zero-order valence-electron chi connectivity index (χ0n) is 20.0. The summed E-state index contributed by atoms with van der Waals surface area (Å²) in [5.41, 5.74) is 17.6. The number of aromatic nitrogens is 2. The van der Waals surface area contributed by atoms with Crippen LogP contribution in [-0.4, -0.2) is 20.8 Å². The molecule has 0 bridgehead atoms. The van der Waals surface area contributed by atoms with Gasteiger partial charge >= 0.3 is 0 Å². The molecule has 0 saturated carbocycles. The highest BCUT2D eigenvalue weighted by Gasteiger charge is 2.28. The van der Waals surface area contributed by atoms with Gasteiger partial charge < -0.3 is 16.4 Å². The topological polar surface area (TPSA) is 98.1 Å². The van der Waals surface area contributed by atoms with Crippen LogP contribution in [-0.2, 0) is 13.1 Å². The molecule has 1 unspecified atom stereocenters. The maximum Gasteiger partial charge on any atom is 0.273 e. The molecular formula is C28H28FN5O. The smallest absolute Gasteiger partial charge is 0.273 e. The van der Waals surface area contributed by atoms with Gasteiger partial charge in [0.2, 0.25) is 5.95 Å². The molecule has 3 aromatic carbocycles. The number of benzene rings is 3. The number of halogens is 1. The third-order valence-electron chi connectivity index (χ3n) is 6.64. The molecule has 4 aromatic rings. The van der Waals surface area contributed by atoms with Crippen LogP contribution < -0.4 is 11.5 Å². The standard InChI is InChI=1S/C28H28FN5O/c1-28(2,3)25(30)20-10-9-19(29)13-21(20)16-8-11-23-22(12-16)24(33-27(31)32-23)26(35)34-14-17-6-4-5-7-18(17)15-34/h4-13,25H,14-15,30H2,1-3H3,(H2,31,32,33). The van der Waals surface area contributed by atoms with Crippen molar-refractivity contribution in [1.82, 2.24) is 14.9 Å². The summed E-state index contributed by atoms with van der Waals surface area (Å²) < 4.78 is 14.4. The van der Waals surface area contributed by atoms with Gasteiger partial charge in [-0.3, -0.25) is 4.79 Å². The van der Waals surface area contributed by atoms with Gasteiger partial charge in [0.05, 0.1) is 5.52 Å². The van der Waals surface area contributed by atoms with E-state index < -0.39 is 0 Å². The molecule has 0 radical (unpaired) electrons. The average Bonchev–Trinajstić information content (AvgIpc) is 3.26. The predicted molar refractivity (Wildman–Crippen MR) is 136 cm³/mol. The molecule has 4 N–H and O–H groups in total. The Morgan fingerprint density at radius 3 is 2.34 bits per heavy atom. The normalized spacial score (nSPS) is 14.3. The van der Waals surface area contributed by atoms with E-state index in [0.717, 1.165) is 22.3 Å². The second kappa shape index (κ2) is 8.43. The number of nitrogen functional groups attached to an aromatic ring is 1. The van der Waals surface area contributed by atoms with E-state index in [2.05, 4.69) is 9.97 Å². The molecule has 1 aliphatic heterocycles. The van der Waals surface area contributed by atoms with Gasteiger partial charge in [0, 0.05) is 24.5 Å². The van der Waals surface area contributed by atoms with Crippen LogP contribution in [0.25, 0.3) is 22.0 Å². The lowest BCUT2D eigenvalue weighted by Crippen LogP contribution is -2.27. The zero-order valence-corrected chi connectivity index (χ0v) is 20.0. The maximum absolute atomic E-state index is 14.4. The Kier molecular flexibility index (Phi) is 5.52. The summed E-state index contributed by atoms with van der Waals surface area (Å²) in [6, 6.07) is 17.8. The Morgan fingerprint density at radius 1 is 1.00 bits per heavy atom. The van der Waals surface area contributed by atoms with Crippen molar-refractivity contribution < 1.29 is 9.18 Å². The molecule has 0 aliphatic carbocycles. The number of carbonyl (C=O) groups is 1. The van der Waals surface area contributed by atoms with Crippen molar-refractivity contribution in [2.24, 2.45) is 11.1 Å². The maximum atomic E-state index is 14.4. The number of nitrogens with two attached hydrogens (primary N) is 2. The quantitative estimate of drug-likeness (QED) is 0.429. The predicted octanol–water partition coefficient (Wildman–Crippen LogP) is 5.22. The molecule has 178 valence electrons. The summed E-state index contributed by atoms with van der Waals surface area (Å²) in [6.07, 6.45) is 0. The minimum absolute atomic E-state index is 0.0338. The first-order valence-corrected chi connectivity index (χ1v) is 11.6. The highest BCUT2D eigenvalue weighted by atomic mass is 19.1. The minimum Gasteiger partial charge on any atom is -0.368 e. The fourth-order valence-corrected chi connectivity index (χ4v) is 4.62. The van der Waals surface area contributed by atoms with Crippen molar-refractivity contribution in [1.29, 1.82) is 0 Å². The van der Waals surface area contributed by atoms with Gasteiger partial charge in [-0.25, -0.2) is 14.4 Å². The number of hydrogen-bond donors (Lipinski definition) is 2. The molecule has 6 nitrogen and oxygen atoms in total. The fourth-order valence-electron chi connectivity index (χ4n) is 4.62. The molecule has 2 heterocycles. The van der Waals surface area contributed by atoms with Crippen molar-refractivity contribution in [2.75, 3.05) is 5.73 Å². The molecule has 0 spiro atoms. The monoisotopic (exact) mass is 469 g/mol. The van der Waals surface area contributed by atoms with Crippen LogP contribution >= 0.6 is 0 Å². The number of amides is 1. The number of anilines is 1. The van der Waals surface area contributed by atoms with Gasteiger partial charge in [0.1, 0.15) is 11.5 Å². The lowest BCUT2D eigenvalue weighted by molar-refractivity contribution is 0.0747. The Hall–Kier alpha value is -3.84. The molecule has 1 amide bonds. The molecular weight excluding hydrogens is 441 g/mol. The SMILES string of the molecule is CC(C)(C)C(N)c1ccc(F)cc1-c1ccc2nc(N)nc(C(=O)N3Cc4ccccc4C3)c2c1. The molecule has 0 saturated heterocycles. The first-order chi connectivity index (χ1) is 16.6. The first-order valence-electron chi connectivity index (χ1n) is 11.6. The van der Waals surface area contributed by atoms with E-state index in [0.29, 0.717) is 29.6 Å². The van der Waals surface area contributed by atoms with E-state index in [4.69, 9.17) is 11.5 Å². The van der Waals surface area contributed by atoms with Gasteiger partial charge in [-0.05, 0) is 57.5 Å². The van der Waals surface area contributed by atoms with Crippen LogP contribution in [0.1, 0.15) is 54.0 Å². The lowest BCUT2D eigenvalue weighted by atomic mass is 9.80. The Morgan fingerprint density at radius 2 is 1.69 bits per heavy atom. The van der Waals surface area contributed by atoms with Gasteiger partial charge in [0.25, 0.3) is 5.91 Å². The van der Waals surface area contributed by atoms with Crippen LogP contribution in [0.3, 0.4) is 0 Å². The van der Waals surface area contributed by atoms with Crippen LogP contribution in [0.4, 0.5) is 10.3 Å². The molecule has 35 heavy (non-hydrogen) atoms. The number of fused-ring (bicyclic) bond motifs is 2. The summed E-state index contributed by atoms with van der Waals surface area (Å²) in [5.74, 6) is -0.542. The van der Waals surface area contributed by atoms with Crippen molar-refractivity contribution in [3.8, 4) is 11.1 Å². The summed E-state index contributed by atoms with van der Waals surface area (Å²) in [7, 11) is 0. The van der Waals surface area contributed by atoms with Crippen LogP contribution in [0.2, 0.25) is 0 Å². The number of carbonyl (C=O) groups excluding carboxylic acids is 1. The Bertz CT molecular complexity index is 1430. The van der Waals surface area contributed by atoms with E-state index in [1.165, 1.54) is 12.1 Å². The van der Waals surface area contributed by atoms with Crippen LogP contribution in [0, 0.1) is 11.2 Å². The van der Waals surface area contributed by atoms with Gasteiger partial charge in [-0.1, -0.05) is 57.2 Å². The second-order valence-corrected chi connectivity index (χ2v) is 10.2. The summed E-state index contributed by atoms with van der Waals surface area (Å²) >= 11 is 0. The van der Waals surface area contributed by atoms with E-state index in [1.54, 1.807) is 17.0 Å². The van der Waals surface area contributed by atoms with Crippen molar-refractivity contribution in [3.05, 3.63) is 88.9 Å². The Labute approximate surface area is 203 Å². The highest BCUT2D eigenvalue weighted by molar-refractivity contribution is 6.06. The van der Waals surface area contributed by atoms with Crippen molar-refractivity contribution in [2.45, 2.75) is 39.9 Å². The van der Waals surface area contributed by atoms with Gasteiger partial charge in [0.15, 0.2) is 0 Å². The van der Waals surface area contributed by atoms with E-state index >= 15 is 0 Å².